The van der Waals surface area contributed by atoms with E-state index in [1.165, 1.54) is 11.5 Å². The predicted molar refractivity (Wildman–Crippen MR) is 82.8 cm³/mol. The Morgan fingerprint density at radius 1 is 1.48 bits per heavy atom. The van der Waals surface area contributed by atoms with Crippen molar-refractivity contribution in [1.29, 1.82) is 0 Å². The summed E-state index contributed by atoms with van der Waals surface area (Å²) < 4.78 is 41.6. The molecule has 23 heavy (non-hydrogen) atoms. The third kappa shape index (κ3) is 3.56. The topological polar surface area (TPSA) is 71.2 Å². The molecule has 1 aromatic carbocycles. The van der Waals surface area contributed by atoms with Gasteiger partial charge in [0.25, 0.3) is 5.91 Å². The second kappa shape index (κ2) is 5.97. The van der Waals surface area contributed by atoms with Gasteiger partial charge in [-0.25, -0.2) is 0 Å². The Morgan fingerprint density at radius 3 is 2.96 bits per heavy atom. The molecule has 3 rings (SSSR count). The van der Waals surface area contributed by atoms with Gasteiger partial charge in [-0.2, -0.15) is 17.5 Å². The number of aromatic nitrogens is 1. The van der Waals surface area contributed by atoms with E-state index >= 15 is 0 Å². The molecule has 0 radical (unpaired) electrons. The van der Waals surface area contributed by atoms with Crippen molar-refractivity contribution in [3.05, 3.63) is 23.9 Å². The largest absolute Gasteiger partial charge is 0.401 e. The van der Waals surface area contributed by atoms with Crippen LogP contribution in [0.25, 0.3) is 10.1 Å². The van der Waals surface area contributed by atoms with Gasteiger partial charge in [0.2, 0.25) is 0 Å². The van der Waals surface area contributed by atoms with Gasteiger partial charge in [-0.05, 0) is 36.2 Å². The average Bonchev–Trinajstić information content (AvgIpc) is 3.10. The van der Waals surface area contributed by atoms with Crippen LogP contribution in [0, 0.1) is 0 Å². The molecule has 0 spiro atoms. The number of amides is 1. The third-order valence-electron chi connectivity index (χ3n) is 3.83. The summed E-state index contributed by atoms with van der Waals surface area (Å²) in [6.45, 7) is 0.229. The molecule has 2 heterocycles. The number of nitrogens with two attached hydrogens (primary N) is 1. The van der Waals surface area contributed by atoms with E-state index in [9.17, 15) is 18.0 Å². The van der Waals surface area contributed by atoms with Gasteiger partial charge < -0.3 is 16.0 Å². The number of hydrogen-bond donors (Lipinski definition) is 2. The van der Waals surface area contributed by atoms with E-state index in [-0.39, 0.29) is 11.7 Å². The van der Waals surface area contributed by atoms with Crippen molar-refractivity contribution in [2.24, 2.45) is 5.73 Å². The Kier molecular flexibility index (Phi) is 4.15. The molecule has 1 amide bonds. The summed E-state index contributed by atoms with van der Waals surface area (Å²) >= 11 is 1.19. The Bertz CT molecular complexity index is 730. The highest BCUT2D eigenvalue weighted by molar-refractivity contribution is 7.13. The van der Waals surface area contributed by atoms with Gasteiger partial charge in [0.1, 0.15) is 5.69 Å². The van der Waals surface area contributed by atoms with Crippen molar-refractivity contribution >= 4 is 33.2 Å². The zero-order chi connectivity index (χ0) is 16.6. The summed E-state index contributed by atoms with van der Waals surface area (Å²) in [7, 11) is 0. The first kappa shape index (κ1) is 16.0. The van der Waals surface area contributed by atoms with E-state index in [2.05, 4.69) is 9.69 Å². The SMILES string of the molecule is NC(=O)c1nsc2cc(N3CCC(NCC(F)(F)F)C3)ccc12. The molecule has 9 heteroatoms. The fraction of sp³-hybridized carbons (Fsp3) is 0.429. The van der Waals surface area contributed by atoms with Gasteiger partial charge in [0, 0.05) is 30.2 Å². The summed E-state index contributed by atoms with van der Waals surface area (Å²) in [4.78, 5) is 13.3. The first-order valence-electron chi connectivity index (χ1n) is 7.08. The maximum atomic E-state index is 12.3. The predicted octanol–water partition coefficient (Wildman–Crippen LogP) is 2.13. The third-order valence-corrected chi connectivity index (χ3v) is 4.64. The second-order valence-electron chi connectivity index (χ2n) is 5.50. The zero-order valence-electron chi connectivity index (χ0n) is 12.1. The van der Waals surface area contributed by atoms with E-state index in [4.69, 9.17) is 5.73 Å². The summed E-state index contributed by atoms with van der Waals surface area (Å²) in [6.07, 6.45) is -3.54. The molecule has 0 saturated carbocycles. The minimum absolute atomic E-state index is 0.185. The van der Waals surface area contributed by atoms with Gasteiger partial charge >= 0.3 is 6.18 Å². The highest BCUT2D eigenvalue weighted by Gasteiger charge is 2.30. The highest BCUT2D eigenvalue weighted by atomic mass is 32.1. The summed E-state index contributed by atoms with van der Waals surface area (Å²) in [5.74, 6) is -0.568. The Balaban J connectivity index is 1.71. The van der Waals surface area contributed by atoms with Crippen LogP contribution in [-0.2, 0) is 0 Å². The van der Waals surface area contributed by atoms with Crippen LogP contribution in [0.4, 0.5) is 18.9 Å². The number of fused-ring (bicyclic) bond motifs is 1. The number of nitrogens with zero attached hydrogens (tertiary/aromatic N) is 2. The van der Waals surface area contributed by atoms with Gasteiger partial charge in [0.15, 0.2) is 0 Å². The quantitative estimate of drug-likeness (QED) is 0.891. The number of halogens is 3. The minimum atomic E-state index is -4.19. The van der Waals surface area contributed by atoms with Crippen molar-refractivity contribution in [3.63, 3.8) is 0 Å². The molecule has 1 atom stereocenters. The van der Waals surface area contributed by atoms with Gasteiger partial charge in [0.05, 0.1) is 11.2 Å². The van der Waals surface area contributed by atoms with Gasteiger partial charge in [-0.1, -0.05) is 0 Å². The van der Waals surface area contributed by atoms with Crippen molar-refractivity contribution in [2.45, 2.75) is 18.6 Å². The van der Waals surface area contributed by atoms with Crippen LogP contribution in [0.5, 0.6) is 0 Å². The fourth-order valence-electron chi connectivity index (χ4n) is 2.72. The van der Waals surface area contributed by atoms with Gasteiger partial charge in [-0.3, -0.25) is 4.79 Å². The van der Waals surface area contributed by atoms with Crippen LogP contribution in [0.15, 0.2) is 18.2 Å². The van der Waals surface area contributed by atoms with E-state index in [0.29, 0.717) is 24.9 Å². The molecule has 1 aliphatic rings. The number of carbonyl (C=O) groups is 1. The molecule has 0 aliphatic carbocycles. The fourth-order valence-corrected chi connectivity index (χ4v) is 3.54. The second-order valence-corrected chi connectivity index (χ2v) is 6.31. The number of carbonyl (C=O) groups excluding carboxylic acids is 1. The maximum Gasteiger partial charge on any atom is 0.401 e. The van der Waals surface area contributed by atoms with E-state index in [1.54, 1.807) is 6.07 Å². The highest BCUT2D eigenvalue weighted by Crippen LogP contribution is 2.29. The summed E-state index contributed by atoms with van der Waals surface area (Å²) in [6, 6.07) is 5.33. The van der Waals surface area contributed by atoms with Gasteiger partial charge in [-0.15, -0.1) is 0 Å². The molecule has 3 N–H and O–H groups in total. The number of hydrogen-bond acceptors (Lipinski definition) is 5. The monoisotopic (exact) mass is 344 g/mol. The molecule has 1 saturated heterocycles. The first-order chi connectivity index (χ1) is 10.8. The van der Waals surface area contributed by atoms with Crippen molar-refractivity contribution in [2.75, 3.05) is 24.5 Å². The standard InChI is InChI=1S/C14H15F3N4OS/c15-14(16,17)7-19-8-3-4-21(6-8)9-1-2-10-11(5-9)23-20-12(10)13(18)22/h1-2,5,8,19H,3-4,6-7H2,(H2,18,22). The Morgan fingerprint density at radius 2 is 2.26 bits per heavy atom. The molecular formula is C14H15F3N4OS. The van der Waals surface area contributed by atoms with E-state index < -0.39 is 18.6 Å². The number of benzene rings is 1. The molecule has 1 fully saturated rings. The lowest BCUT2D eigenvalue weighted by molar-refractivity contribution is -0.125. The summed E-state index contributed by atoms with van der Waals surface area (Å²) in [5.41, 5.74) is 6.43. The zero-order valence-corrected chi connectivity index (χ0v) is 12.9. The molecule has 124 valence electrons. The van der Waals surface area contributed by atoms with E-state index in [0.717, 1.165) is 10.4 Å². The van der Waals surface area contributed by atoms with Crippen LogP contribution in [-0.4, -0.2) is 42.1 Å². The number of primary amides is 1. The molecule has 1 aliphatic heterocycles. The van der Waals surface area contributed by atoms with Crippen molar-refractivity contribution in [1.82, 2.24) is 9.69 Å². The molecule has 1 unspecified atom stereocenters. The van der Waals surface area contributed by atoms with Crippen molar-refractivity contribution < 1.29 is 18.0 Å². The van der Waals surface area contributed by atoms with Crippen molar-refractivity contribution in [3.8, 4) is 0 Å². The molecule has 5 nitrogen and oxygen atoms in total. The lowest BCUT2D eigenvalue weighted by Gasteiger charge is -2.19. The van der Waals surface area contributed by atoms with Crippen LogP contribution < -0.4 is 16.0 Å². The molecule has 0 bridgehead atoms. The van der Waals surface area contributed by atoms with E-state index in [1.807, 2.05) is 17.0 Å². The molecule has 1 aromatic heterocycles. The number of alkyl halides is 3. The average molecular weight is 344 g/mol. The van der Waals surface area contributed by atoms with Crippen LogP contribution in [0.2, 0.25) is 0 Å². The lowest BCUT2D eigenvalue weighted by Crippen LogP contribution is -2.38. The Hall–Kier alpha value is -1.87. The van der Waals surface area contributed by atoms with Crippen LogP contribution in [0.3, 0.4) is 0 Å². The number of anilines is 1. The smallest absolute Gasteiger partial charge is 0.370 e. The van der Waals surface area contributed by atoms with Crippen LogP contribution in [0.1, 0.15) is 16.9 Å². The number of rotatable bonds is 4. The Labute approximate surface area is 134 Å². The first-order valence-corrected chi connectivity index (χ1v) is 7.85. The molecule has 2 aromatic rings. The number of nitrogens with one attached hydrogen (secondary N) is 1. The summed E-state index contributed by atoms with van der Waals surface area (Å²) in [5, 5.41) is 3.25. The minimum Gasteiger partial charge on any atom is -0.370 e. The maximum absolute atomic E-state index is 12.3. The lowest BCUT2D eigenvalue weighted by atomic mass is 10.2. The normalized spacial score (nSPS) is 18.7. The molecular weight excluding hydrogens is 329 g/mol. The van der Waals surface area contributed by atoms with Crippen LogP contribution >= 0.6 is 11.5 Å².